The number of nitrogens with one attached hydrogen (secondary N) is 1. The van der Waals surface area contributed by atoms with Crippen molar-refractivity contribution in [2.75, 3.05) is 14.2 Å². The number of amides is 1. The number of halogens is 1. The predicted octanol–water partition coefficient (Wildman–Crippen LogP) is 0.988. The lowest BCUT2D eigenvalue weighted by Crippen LogP contribution is -2.40. The van der Waals surface area contributed by atoms with Gasteiger partial charge in [0, 0.05) is 17.1 Å². The first-order chi connectivity index (χ1) is 9.49. The van der Waals surface area contributed by atoms with E-state index >= 15 is 0 Å². The number of esters is 1. The minimum absolute atomic E-state index is 0.302. The molecule has 0 saturated carbocycles. The summed E-state index contributed by atoms with van der Waals surface area (Å²) in [6, 6.07) is 4.46. The molecule has 6 nitrogen and oxygen atoms in total. The van der Waals surface area contributed by atoms with Crippen molar-refractivity contribution in [2.45, 2.75) is 12.3 Å². The van der Waals surface area contributed by atoms with Crippen LogP contribution in [0.5, 0.6) is 0 Å². The molecule has 1 aliphatic rings. The van der Waals surface area contributed by atoms with Crippen LogP contribution in [0.3, 0.4) is 0 Å². The van der Waals surface area contributed by atoms with Gasteiger partial charge in [-0.2, -0.15) is 0 Å². The lowest BCUT2D eigenvalue weighted by atomic mass is 9.92. The van der Waals surface area contributed by atoms with Crippen LogP contribution in [0.4, 0.5) is 0 Å². The summed E-state index contributed by atoms with van der Waals surface area (Å²) in [5.41, 5.74) is 1.09. The molecule has 7 heteroatoms. The van der Waals surface area contributed by atoms with Crippen molar-refractivity contribution in [3.8, 4) is 0 Å². The van der Waals surface area contributed by atoms with Gasteiger partial charge in [0.05, 0.1) is 13.2 Å². The molecule has 20 heavy (non-hydrogen) atoms. The first-order valence-electron chi connectivity index (χ1n) is 5.88. The molecule has 2 N–H and O–H groups in total. The largest absolute Gasteiger partial charge is 0.469 e. The number of fused-ring (bicyclic) bond motifs is 1. The molecule has 108 valence electrons. The van der Waals surface area contributed by atoms with Gasteiger partial charge in [-0.1, -0.05) is 22.0 Å². The molecule has 0 fully saturated rings. The van der Waals surface area contributed by atoms with Gasteiger partial charge in [-0.05, 0) is 17.7 Å². The molecule has 1 aromatic carbocycles. The highest BCUT2D eigenvalue weighted by molar-refractivity contribution is 9.10. The fraction of sp³-hybridized carbons (Fsp3) is 0.385. The number of hydrogen-bond donors (Lipinski definition) is 2. The summed E-state index contributed by atoms with van der Waals surface area (Å²) in [4.78, 5) is 23.8. The number of aliphatic hydroxyl groups is 1. The van der Waals surface area contributed by atoms with Gasteiger partial charge in [0.15, 0.2) is 6.29 Å². The lowest BCUT2D eigenvalue weighted by molar-refractivity contribution is -0.170. The van der Waals surface area contributed by atoms with Crippen molar-refractivity contribution in [3.63, 3.8) is 0 Å². The molecule has 0 aromatic heterocycles. The van der Waals surface area contributed by atoms with Gasteiger partial charge in [0.25, 0.3) is 5.91 Å². The number of hydrogen-bond acceptors (Lipinski definition) is 5. The van der Waals surface area contributed by atoms with E-state index in [1.54, 1.807) is 18.2 Å². The molecular formula is C13H14BrNO5. The van der Waals surface area contributed by atoms with E-state index in [1.165, 1.54) is 14.2 Å². The Morgan fingerprint density at radius 1 is 1.45 bits per heavy atom. The van der Waals surface area contributed by atoms with Crippen LogP contribution in [0.1, 0.15) is 22.0 Å². The predicted molar refractivity (Wildman–Crippen MR) is 72.9 cm³/mol. The molecule has 1 heterocycles. The maximum Gasteiger partial charge on any atom is 0.316 e. The normalized spacial score (nSPS) is 20.0. The molecule has 1 amide bonds. The van der Waals surface area contributed by atoms with Crippen LogP contribution in [0.25, 0.3) is 0 Å². The van der Waals surface area contributed by atoms with Crippen LogP contribution in [0.15, 0.2) is 22.7 Å². The Hall–Kier alpha value is -1.44. The van der Waals surface area contributed by atoms with Crippen LogP contribution in [0.2, 0.25) is 0 Å². The molecule has 0 aliphatic carbocycles. The van der Waals surface area contributed by atoms with Crippen LogP contribution in [-0.4, -0.2) is 37.5 Å². The average molecular weight is 344 g/mol. The molecule has 2 rings (SSSR count). The third kappa shape index (κ3) is 2.56. The van der Waals surface area contributed by atoms with E-state index < -0.39 is 24.2 Å². The highest BCUT2D eigenvalue weighted by Crippen LogP contribution is 2.35. The van der Waals surface area contributed by atoms with Crippen LogP contribution >= 0.6 is 15.9 Å². The minimum atomic E-state index is -1.37. The molecule has 0 saturated heterocycles. The Kier molecular flexibility index (Phi) is 4.42. The zero-order valence-corrected chi connectivity index (χ0v) is 12.5. The molecule has 0 bridgehead atoms. The fourth-order valence-corrected chi connectivity index (χ4v) is 2.64. The number of carbonyl (C=O) groups is 2. The summed E-state index contributed by atoms with van der Waals surface area (Å²) >= 11 is 3.29. The van der Waals surface area contributed by atoms with E-state index in [2.05, 4.69) is 26.0 Å². The van der Waals surface area contributed by atoms with Crippen molar-refractivity contribution in [2.24, 2.45) is 5.92 Å². The average Bonchev–Trinajstić information content (AvgIpc) is 2.75. The fourth-order valence-electron chi connectivity index (χ4n) is 2.28. The molecule has 1 aromatic rings. The molecule has 1 aliphatic heterocycles. The summed E-state index contributed by atoms with van der Waals surface area (Å²) in [7, 11) is 2.50. The number of carbonyl (C=O) groups excluding carboxylic acids is 2. The topological polar surface area (TPSA) is 84.9 Å². The van der Waals surface area contributed by atoms with Gasteiger partial charge in [0.1, 0.15) is 5.92 Å². The van der Waals surface area contributed by atoms with E-state index in [9.17, 15) is 14.7 Å². The van der Waals surface area contributed by atoms with Crippen molar-refractivity contribution in [1.82, 2.24) is 5.32 Å². The number of benzene rings is 1. The smallest absolute Gasteiger partial charge is 0.316 e. The maximum atomic E-state index is 11.9. The SMILES string of the molecule is COC(=O)C([C@@H]1NC(=O)c2cc(Br)ccc21)[C@@H](O)OC. The lowest BCUT2D eigenvalue weighted by Gasteiger charge is -2.25. The third-order valence-electron chi connectivity index (χ3n) is 3.26. The van der Waals surface area contributed by atoms with Crippen molar-refractivity contribution in [1.29, 1.82) is 0 Å². The molecule has 0 spiro atoms. The molecular weight excluding hydrogens is 330 g/mol. The van der Waals surface area contributed by atoms with Gasteiger partial charge < -0.3 is 19.9 Å². The van der Waals surface area contributed by atoms with Gasteiger partial charge >= 0.3 is 5.97 Å². The third-order valence-corrected chi connectivity index (χ3v) is 3.76. The summed E-state index contributed by atoms with van der Waals surface area (Å²) in [6.07, 6.45) is -1.37. The molecule has 1 unspecified atom stereocenters. The first-order valence-corrected chi connectivity index (χ1v) is 6.68. The number of aliphatic hydroxyl groups excluding tert-OH is 1. The van der Waals surface area contributed by atoms with Gasteiger partial charge in [-0.25, -0.2) is 0 Å². The van der Waals surface area contributed by atoms with Crippen molar-refractivity contribution in [3.05, 3.63) is 33.8 Å². The summed E-state index contributed by atoms with van der Waals surface area (Å²) in [5.74, 6) is -1.99. The Morgan fingerprint density at radius 3 is 2.75 bits per heavy atom. The van der Waals surface area contributed by atoms with Crippen LogP contribution in [-0.2, 0) is 14.3 Å². The van der Waals surface area contributed by atoms with Crippen LogP contribution < -0.4 is 5.32 Å². The van der Waals surface area contributed by atoms with Crippen molar-refractivity contribution >= 4 is 27.8 Å². The highest BCUT2D eigenvalue weighted by Gasteiger charge is 2.42. The molecule has 3 atom stereocenters. The van der Waals surface area contributed by atoms with Crippen molar-refractivity contribution < 1.29 is 24.2 Å². The van der Waals surface area contributed by atoms with E-state index in [1.807, 2.05) is 0 Å². The Bertz CT molecular complexity index is 548. The van der Waals surface area contributed by atoms with E-state index in [0.717, 1.165) is 4.47 Å². The number of ether oxygens (including phenoxy) is 2. The van der Waals surface area contributed by atoms with E-state index in [0.29, 0.717) is 11.1 Å². The minimum Gasteiger partial charge on any atom is -0.469 e. The maximum absolute atomic E-state index is 11.9. The second-order valence-electron chi connectivity index (χ2n) is 4.36. The monoisotopic (exact) mass is 343 g/mol. The summed E-state index contributed by atoms with van der Waals surface area (Å²) in [5, 5.41) is 12.5. The zero-order chi connectivity index (χ0) is 14.9. The Balaban J connectivity index is 2.42. The quantitative estimate of drug-likeness (QED) is 0.629. The second kappa shape index (κ2) is 5.90. The standard InChI is InChI=1S/C13H14BrNO5/c1-19-12(17)9(13(18)20-2)10-7-4-3-6(14)5-8(7)11(16)15-10/h3-5,9-10,12,17H,1-2H3,(H,15,16)/t9?,10-,12+/m1/s1. The Labute approximate surface area is 124 Å². The van der Waals surface area contributed by atoms with E-state index in [4.69, 9.17) is 4.74 Å². The molecule has 0 radical (unpaired) electrons. The number of rotatable bonds is 4. The summed E-state index contributed by atoms with van der Waals surface area (Å²) in [6.45, 7) is 0. The zero-order valence-electron chi connectivity index (χ0n) is 10.9. The highest BCUT2D eigenvalue weighted by atomic mass is 79.9. The first kappa shape index (κ1) is 15.0. The van der Waals surface area contributed by atoms with E-state index in [-0.39, 0.29) is 5.91 Å². The summed E-state index contributed by atoms with van der Waals surface area (Å²) < 4.78 is 10.3. The second-order valence-corrected chi connectivity index (χ2v) is 5.27. The van der Waals surface area contributed by atoms with Gasteiger partial charge in [-0.3, -0.25) is 9.59 Å². The van der Waals surface area contributed by atoms with Gasteiger partial charge in [0.2, 0.25) is 0 Å². The number of methoxy groups -OCH3 is 2. The van der Waals surface area contributed by atoms with Crippen LogP contribution in [0, 0.1) is 5.92 Å². The Morgan fingerprint density at radius 2 is 2.15 bits per heavy atom. The van der Waals surface area contributed by atoms with Gasteiger partial charge in [-0.15, -0.1) is 0 Å².